The third-order valence-corrected chi connectivity index (χ3v) is 0.974. The van der Waals surface area contributed by atoms with Crippen molar-refractivity contribution in [2.75, 3.05) is 13.6 Å². The Bertz CT molecular complexity index is 145. The summed E-state index contributed by atoms with van der Waals surface area (Å²) in [4.78, 5) is 4.03. The first kappa shape index (κ1) is 9.11. The molecule has 0 atom stereocenters. The van der Waals surface area contributed by atoms with Crippen LogP contribution < -0.4 is 5.32 Å². The molecule has 0 aliphatic carbocycles. The summed E-state index contributed by atoms with van der Waals surface area (Å²) in [5.74, 6) is 0. The van der Waals surface area contributed by atoms with E-state index >= 15 is 0 Å². The quantitative estimate of drug-likeness (QED) is 0.583. The Balaban J connectivity index is 3.96. The summed E-state index contributed by atoms with van der Waals surface area (Å²) < 4.78 is 0. The van der Waals surface area contributed by atoms with Crippen molar-refractivity contribution in [3.8, 4) is 0 Å². The Morgan fingerprint density at radius 3 is 2.80 bits per heavy atom. The van der Waals surface area contributed by atoms with Gasteiger partial charge in [-0.1, -0.05) is 12.7 Å². The molecule has 0 bridgehead atoms. The number of rotatable bonds is 4. The van der Waals surface area contributed by atoms with Crippen LogP contribution in [0.15, 0.2) is 29.9 Å². The molecule has 2 heteroatoms. The third-order valence-electron chi connectivity index (χ3n) is 0.974. The number of allylic oxidation sites excluding steroid dienone is 1. The summed E-state index contributed by atoms with van der Waals surface area (Å²) in [6, 6.07) is 0. The van der Waals surface area contributed by atoms with Crippen molar-refractivity contribution < 1.29 is 0 Å². The molecule has 10 heavy (non-hydrogen) atoms. The van der Waals surface area contributed by atoms with Gasteiger partial charge in [0.1, 0.15) is 0 Å². The van der Waals surface area contributed by atoms with Crippen LogP contribution in [0.5, 0.6) is 0 Å². The molecule has 0 aromatic rings. The van der Waals surface area contributed by atoms with E-state index in [1.165, 1.54) is 0 Å². The van der Waals surface area contributed by atoms with E-state index in [1.54, 1.807) is 6.20 Å². The Kier molecular flexibility index (Phi) is 5.68. The van der Waals surface area contributed by atoms with Gasteiger partial charge in [0.2, 0.25) is 0 Å². The molecule has 0 aromatic carbocycles. The van der Waals surface area contributed by atoms with E-state index < -0.39 is 0 Å². The van der Waals surface area contributed by atoms with E-state index in [2.05, 4.69) is 16.9 Å². The minimum absolute atomic E-state index is 0.788. The fourth-order valence-corrected chi connectivity index (χ4v) is 0.638. The number of hydrogen-bond donors (Lipinski definition) is 1. The van der Waals surface area contributed by atoms with Gasteiger partial charge in [-0.2, -0.15) is 0 Å². The summed E-state index contributed by atoms with van der Waals surface area (Å²) in [6.45, 7) is 6.27. The molecule has 0 aliphatic heterocycles. The van der Waals surface area contributed by atoms with Gasteiger partial charge >= 0.3 is 0 Å². The first-order chi connectivity index (χ1) is 4.85. The number of hydrogen-bond acceptors (Lipinski definition) is 2. The Labute approximate surface area is 62.4 Å². The first-order valence-corrected chi connectivity index (χ1v) is 3.30. The first-order valence-electron chi connectivity index (χ1n) is 3.30. The molecule has 0 aromatic heterocycles. The molecule has 0 spiro atoms. The highest BCUT2D eigenvalue weighted by molar-refractivity contribution is 5.96. The summed E-state index contributed by atoms with van der Waals surface area (Å²) in [5, 5.41) is 3.01. The molecule has 0 unspecified atom stereocenters. The van der Waals surface area contributed by atoms with Crippen LogP contribution in [0.4, 0.5) is 0 Å². The van der Waals surface area contributed by atoms with Crippen LogP contribution in [-0.4, -0.2) is 19.3 Å². The van der Waals surface area contributed by atoms with Crippen molar-refractivity contribution in [2.45, 2.75) is 6.92 Å². The Morgan fingerprint density at radius 2 is 2.40 bits per heavy atom. The molecule has 0 saturated carbocycles. The van der Waals surface area contributed by atoms with Crippen molar-refractivity contribution in [1.29, 1.82) is 0 Å². The van der Waals surface area contributed by atoms with E-state index in [1.807, 2.05) is 26.1 Å². The SMILES string of the molecule is C=CN=C(/C=C\C)CNC. The van der Waals surface area contributed by atoms with Crippen molar-refractivity contribution in [3.63, 3.8) is 0 Å². The lowest BCUT2D eigenvalue weighted by Crippen LogP contribution is -2.16. The van der Waals surface area contributed by atoms with Crippen LogP contribution >= 0.6 is 0 Å². The fourth-order valence-electron chi connectivity index (χ4n) is 0.638. The zero-order chi connectivity index (χ0) is 7.82. The summed E-state index contributed by atoms with van der Waals surface area (Å²) in [5.41, 5.74) is 1.00. The van der Waals surface area contributed by atoms with Crippen molar-refractivity contribution in [2.24, 2.45) is 4.99 Å². The standard InChI is InChI=1S/C8H14N2/c1-4-6-8(7-9-3)10-5-2/h4-6,9H,2,7H2,1,3H3/b6-4-,10-8?. The smallest absolute Gasteiger partial charge is 0.0538 e. The van der Waals surface area contributed by atoms with Gasteiger partial charge in [0.15, 0.2) is 0 Å². The molecule has 2 nitrogen and oxygen atoms in total. The largest absolute Gasteiger partial charge is 0.314 e. The summed E-state index contributed by atoms with van der Waals surface area (Å²) in [6.07, 6.45) is 5.46. The van der Waals surface area contributed by atoms with Gasteiger partial charge in [0.25, 0.3) is 0 Å². The van der Waals surface area contributed by atoms with Gasteiger partial charge in [-0.15, -0.1) is 0 Å². The molecular formula is C8H14N2. The highest BCUT2D eigenvalue weighted by Gasteiger charge is 1.86. The molecule has 0 rings (SSSR count). The van der Waals surface area contributed by atoms with Crippen molar-refractivity contribution in [1.82, 2.24) is 5.32 Å². The molecule has 56 valence electrons. The maximum absolute atomic E-state index is 4.03. The minimum Gasteiger partial charge on any atom is -0.314 e. The predicted molar refractivity (Wildman–Crippen MR) is 46.4 cm³/mol. The molecule has 0 amide bonds. The van der Waals surface area contributed by atoms with Crippen molar-refractivity contribution >= 4 is 5.71 Å². The second-order valence-electron chi connectivity index (χ2n) is 1.83. The normalized spacial score (nSPS) is 12.4. The maximum atomic E-state index is 4.03. The zero-order valence-corrected chi connectivity index (χ0v) is 6.59. The molecule has 0 fully saturated rings. The summed E-state index contributed by atoms with van der Waals surface area (Å²) in [7, 11) is 1.89. The lowest BCUT2D eigenvalue weighted by molar-refractivity contribution is 0.948. The van der Waals surface area contributed by atoms with Crippen molar-refractivity contribution in [3.05, 3.63) is 24.9 Å². The van der Waals surface area contributed by atoms with E-state index in [0.717, 1.165) is 12.3 Å². The molecule has 1 N–H and O–H groups in total. The van der Waals surface area contributed by atoms with E-state index in [0.29, 0.717) is 0 Å². The number of aliphatic imine (C=N–C) groups is 1. The van der Waals surface area contributed by atoms with Gasteiger partial charge in [0.05, 0.1) is 5.71 Å². The Morgan fingerprint density at radius 1 is 1.70 bits per heavy atom. The molecule has 0 heterocycles. The average molecular weight is 138 g/mol. The minimum atomic E-state index is 0.788. The third kappa shape index (κ3) is 4.04. The predicted octanol–water partition coefficient (Wildman–Crippen LogP) is 1.37. The fraction of sp³-hybridized carbons (Fsp3) is 0.375. The second kappa shape index (κ2) is 6.23. The topological polar surface area (TPSA) is 24.4 Å². The molecule has 0 saturated heterocycles. The highest BCUT2D eigenvalue weighted by Crippen LogP contribution is 1.81. The maximum Gasteiger partial charge on any atom is 0.0538 e. The molecule has 0 aliphatic rings. The molecular weight excluding hydrogens is 124 g/mol. The van der Waals surface area contributed by atoms with E-state index in [4.69, 9.17) is 0 Å². The van der Waals surface area contributed by atoms with Gasteiger partial charge in [0, 0.05) is 12.7 Å². The lowest BCUT2D eigenvalue weighted by atomic mass is 10.3. The Hall–Kier alpha value is -0.890. The van der Waals surface area contributed by atoms with Gasteiger partial charge < -0.3 is 5.32 Å². The van der Waals surface area contributed by atoms with Crippen LogP contribution in [0, 0.1) is 0 Å². The number of nitrogens with zero attached hydrogens (tertiary/aromatic N) is 1. The van der Waals surface area contributed by atoms with Crippen LogP contribution in [0.25, 0.3) is 0 Å². The monoisotopic (exact) mass is 138 g/mol. The van der Waals surface area contributed by atoms with Crippen LogP contribution in [0.1, 0.15) is 6.92 Å². The van der Waals surface area contributed by atoms with Gasteiger partial charge in [-0.3, -0.25) is 4.99 Å². The average Bonchev–Trinajstić information content (AvgIpc) is 1.90. The molecule has 0 radical (unpaired) electrons. The van der Waals surface area contributed by atoms with Crippen LogP contribution in [-0.2, 0) is 0 Å². The van der Waals surface area contributed by atoms with E-state index in [9.17, 15) is 0 Å². The van der Waals surface area contributed by atoms with Crippen LogP contribution in [0.3, 0.4) is 0 Å². The lowest BCUT2D eigenvalue weighted by Gasteiger charge is -1.95. The zero-order valence-electron chi connectivity index (χ0n) is 6.59. The van der Waals surface area contributed by atoms with Gasteiger partial charge in [-0.05, 0) is 20.0 Å². The van der Waals surface area contributed by atoms with Crippen LogP contribution in [0.2, 0.25) is 0 Å². The summed E-state index contributed by atoms with van der Waals surface area (Å²) >= 11 is 0. The highest BCUT2D eigenvalue weighted by atomic mass is 14.8. The van der Waals surface area contributed by atoms with E-state index in [-0.39, 0.29) is 0 Å². The number of nitrogens with one attached hydrogen (secondary N) is 1. The second-order valence-corrected chi connectivity index (χ2v) is 1.83. The van der Waals surface area contributed by atoms with Gasteiger partial charge in [-0.25, -0.2) is 0 Å².